The highest BCUT2D eigenvalue weighted by atomic mass is 79.9. The van der Waals surface area contributed by atoms with Crippen molar-refractivity contribution in [2.45, 2.75) is 19.4 Å². The van der Waals surface area contributed by atoms with Crippen molar-refractivity contribution in [2.24, 2.45) is 0 Å². The van der Waals surface area contributed by atoms with Crippen LogP contribution in [0.1, 0.15) is 24.9 Å². The first-order chi connectivity index (χ1) is 11.1. The molecule has 4 nitrogen and oxygen atoms in total. The molecule has 0 bridgehead atoms. The van der Waals surface area contributed by atoms with Crippen LogP contribution in [0, 0.1) is 0 Å². The van der Waals surface area contributed by atoms with E-state index in [1.54, 1.807) is 7.11 Å². The van der Waals surface area contributed by atoms with Crippen molar-refractivity contribution in [1.29, 1.82) is 0 Å². The molecule has 0 radical (unpaired) electrons. The summed E-state index contributed by atoms with van der Waals surface area (Å²) in [5, 5.41) is 2.97. The summed E-state index contributed by atoms with van der Waals surface area (Å²) in [6.45, 7) is 2.26. The first-order valence-corrected chi connectivity index (χ1v) is 8.20. The molecule has 0 aromatic heterocycles. The summed E-state index contributed by atoms with van der Waals surface area (Å²) in [6, 6.07) is 15.2. The van der Waals surface area contributed by atoms with Gasteiger partial charge in [-0.15, -0.1) is 0 Å². The molecule has 1 atom stereocenters. The Bertz CT molecular complexity index is 660. The highest BCUT2D eigenvalue weighted by Gasteiger charge is 2.10. The number of amides is 1. The molecule has 0 heterocycles. The zero-order chi connectivity index (χ0) is 16.7. The number of ether oxygens (including phenoxy) is 2. The molecule has 23 heavy (non-hydrogen) atoms. The number of benzene rings is 2. The molecule has 2 rings (SSSR count). The van der Waals surface area contributed by atoms with Gasteiger partial charge < -0.3 is 14.8 Å². The largest absolute Gasteiger partial charge is 0.493 e. The number of para-hydroxylation sites is 2. The highest BCUT2D eigenvalue weighted by molar-refractivity contribution is 9.10. The Morgan fingerprint density at radius 2 is 1.91 bits per heavy atom. The lowest BCUT2D eigenvalue weighted by Gasteiger charge is -2.15. The van der Waals surface area contributed by atoms with Crippen molar-refractivity contribution >= 4 is 21.8 Å². The third kappa shape index (κ3) is 5.28. The Hall–Kier alpha value is -2.01. The molecule has 0 aliphatic rings. The maximum absolute atomic E-state index is 12.0. The molecular formula is C18H20BrNO3. The van der Waals surface area contributed by atoms with Crippen LogP contribution in [0.5, 0.6) is 11.5 Å². The second-order valence-corrected chi connectivity index (χ2v) is 6.01. The Morgan fingerprint density at radius 3 is 2.61 bits per heavy atom. The first-order valence-electron chi connectivity index (χ1n) is 7.41. The number of nitrogens with one attached hydrogen (secondary N) is 1. The van der Waals surface area contributed by atoms with Crippen molar-refractivity contribution in [3.05, 3.63) is 58.6 Å². The summed E-state index contributed by atoms with van der Waals surface area (Å²) in [4.78, 5) is 12.0. The van der Waals surface area contributed by atoms with Crippen LogP contribution in [0.4, 0.5) is 0 Å². The maximum atomic E-state index is 12.0. The summed E-state index contributed by atoms with van der Waals surface area (Å²) < 4.78 is 11.8. The van der Waals surface area contributed by atoms with E-state index >= 15 is 0 Å². The van der Waals surface area contributed by atoms with E-state index < -0.39 is 0 Å². The minimum atomic E-state index is -0.0498. The van der Waals surface area contributed by atoms with Crippen LogP contribution in [0.15, 0.2) is 53.0 Å². The predicted molar refractivity (Wildman–Crippen MR) is 93.8 cm³/mol. The third-order valence-corrected chi connectivity index (χ3v) is 3.88. The fourth-order valence-electron chi connectivity index (χ4n) is 2.16. The fraction of sp³-hybridized carbons (Fsp3) is 0.278. The quantitative estimate of drug-likeness (QED) is 0.789. The maximum Gasteiger partial charge on any atom is 0.223 e. The fourth-order valence-corrected chi connectivity index (χ4v) is 2.58. The SMILES string of the molecule is COc1ccccc1OCCC(=O)NC(C)c1cccc(Br)c1. The normalized spacial score (nSPS) is 11.6. The van der Waals surface area contributed by atoms with Gasteiger partial charge in [-0.2, -0.15) is 0 Å². The lowest BCUT2D eigenvalue weighted by Crippen LogP contribution is -2.27. The number of carbonyl (C=O) groups excluding carboxylic acids is 1. The third-order valence-electron chi connectivity index (χ3n) is 3.38. The molecule has 1 N–H and O–H groups in total. The van der Waals surface area contributed by atoms with Gasteiger partial charge in [-0.25, -0.2) is 0 Å². The van der Waals surface area contributed by atoms with Crippen LogP contribution in [-0.2, 0) is 4.79 Å². The van der Waals surface area contributed by atoms with Gasteiger partial charge >= 0.3 is 0 Å². The molecule has 122 valence electrons. The molecule has 5 heteroatoms. The van der Waals surface area contributed by atoms with E-state index in [-0.39, 0.29) is 18.4 Å². The minimum Gasteiger partial charge on any atom is -0.493 e. The Labute approximate surface area is 144 Å². The minimum absolute atomic E-state index is 0.0487. The Kier molecular flexibility index (Phi) is 6.47. The molecule has 1 unspecified atom stereocenters. The van der Waals surface area contributed by atoms with E-state index in [0.29, 0.717) is 18.1 Å². The van der Waals surface area contributed by atoms with Gasteiger partial charge in [0.25, 0.3) is 0 Å². The van der Waals surface area contributed by atoms with Crippen molar-refractivity contribution in [3.8, 4) is 11.5 Å². The molecule has 2 aromatic rings. The van der Waals surface area contributed by atoms with E-state index in [0.717, 1.165) is 10.0 Å². The van der Waals surface area contributed by atoms with Crippen molar-refractivity contribution in [2.75, 3.05) is 13.7 Å². The van der Waals surface area contributed by atoms with Gasteiger partial charge in [-0.3, -0.25) is 4.79 Å². The molecular weight excluding hydrogens is 358 g/mol. The number of hydrogen-bond donors (Lipinski definition) is 1. The summed E-state index contributed by atoms with van der Waals surface area (Å²) >= 11 is 3.43. The first kappa shape index (κ1) is 17.3. The van der Waals surface area contributed by atoms with Crippen LogP contribution in [-0.4, -0.2) is 19.6 Å². The lowest BCUT2D eigenvalue weighted by atomic mass is 10.1. The Balaban J connectivity index is 1.81. The van der Waals surface area contributed by atoms with Crippen LogP contribution in [0.25, 0.3) is 0 Å². The van der Waals surface area contributed by atoms with Crippen molar-refractivity contribution in [3.63, 3.8) is 0 Å². The topological polar surface area (TPSA) is 47.6 Å². The second-order valence-electron chi connectivity index (χ2n) is 5.09. The summed E-state index contributed by atoms with van der Waals surface area (Å²) in [5.41, 5.74) is 1.05. The molecule has 0 saturated carbocycles. The monoisotopic (exact) mass is 377 g/mol. The van der Waals surface area contributed by atoms with E-state index in [1.165, 1.54) is 0 Å². The van der Waals surface area contributed by atoms with Crippen molar-refractivity contribution < 1.29 is 14.3 Å². The molecule has 0 aliphatic carbocycles. The van der Waals surface area contributed by atoms with Gasteiger partial charge in [0.15, 0.2) is 11.5 Å². The molecule has 1 amide bonds. The van der Waals surface area contributed by atoms with Gasteiger partial charge in [-0.05, 0) is 36.8 Å². The summed E-state index contributed by atoms with van der Waals surface area (Å²) in [6.07, 6.45) is 0.288. The van der Waals surface area contributed by atoms with Gasteiger partial charge in [0.1, 0.15) is 0 Å². The average Bonchev–Trinajstić information content (AvgIpc) is 2.55. The van der Waals surface area contributed by atoms with Crippen LogP contribution < -0.4 is 14.8 Å². The van der Waals surface area contributed by atoms with E-state index in [9.17, 15) is 4.79 Å². The van der Waals surface area contributed by atoms with Crippen LogP contribution in [0.3, 0.4) is 0 Å². The van der Waals surface area contributed by atoms with Gasteiger partial charge in [0, 0.05) is 4.47 Å². The molecule has 0 aliphatic heterocycles. The zero-order valence-electron chi connectivity index (χ0n) is 13.2. The van der Waals surface area contributed by atoms with Gasteiger partial charge in [-0.1, -0.05) is 40.2 Å². The number of hydrogen-bond acceptors (Lipinski definition) is 3. The highest BCUT2D eigenvalue weighted by Crippen LogP contribution is 2.25. The Morgan fingerprint density at radius 1 is 1.17 bits per heavy atom. The predicted octanol–water partition coefficient (Wildman–Crippen LogP) is 4.10. The van der Waals surface area contributed by atoms with E-state index in [4.69, 9.17) is 9.47 Å². The van der Waals surface area contributed by atoms with Crippen molar-refractivity contribution in [1.82, 2.24) is 5.32 Å². The average molecular weight is 378 g/mol. The second kappa shape index (κ2) is 8.58. The number of rotatable bonds is 7. The van der Waals surface area contributed by atoms with E-state index in [1.807, 2.05) is 55.5 Å². The molecule has 0 fully saturated rings. The standard InChI is InChI=1S/C18H20BrNO3/c1-13(14-6-5-7-15(19)12-14)20-18(21)10-11-23-17-9-4-3-8-16(17)22-2/h3-9,12-13H,10-11H2,1-2H3,(H,20,21). The number of carbonyl (C=O) groups is 1. The van der Waals surface area contributed by atoms with Crippen LogP contribution >= 0.6 is 15.9 Å². The number of halogens is 1. The zero-order valence-corrected chi connectivity index (χ0v) is 14.8. The molecule has 0 saturated heterocycles. The molecule has 2 aromatic carbocycles. The lowest BCUT2D eigenvalue weighted by molar-refractivity contribution is -0.122. The summed E-state index contributed by atoms with van der Waals surface area (Å²) in [5.74, 6) is 1.26. The molecule has 0 spiro atoms. The van der Waals surface area contributed by atoms with Crippen LogP contribution in [0.2, 0.25) is 0 Å². The smallest absolute Gasteiger partial charge is 0.223 e. The summed E-state index contributed by atoms with van der Waals surface area (Å²) in [7, 11) is 1.59. The number of methoxy groups -OCH3 is 1. The van der Waals surface area contributed by atoms with Gasteiger partial charge in [0.05, 0.1) is 26.2 Å². The van der Waals surface area contributed by atoms with Gasteiger partial charge in [0.2, 0.25) is 5.91 Å². The van der Waals surface area contributed by atoms with E-state index in [2.05, 4.69) is 21.2 Å².